The van der Waals surface area contributed by atoms with Crippen molar-refractivity contribution in [2.24, 2.45) is 5.92 Å². The fourth-order valence-electron chi connectivity index (χ4n) is 2.98. The van der Waals surface area contributed by atoms with Crippen LogP contribution in [-0.2, 0) is 14.3 Å². The summed E-state index contributed by atoms with van der Waals surface area (Å²) in [5.41, 5.74) is 0.854. The van der Waals surface area contributed by atoms with Gasteiger partial charge in [0.25, 0.3) is 0 Å². The van der Waals surface area contributed by atoms with Gasteiger partial charge in [0, 0.05) is 6.54 Å². The normalized spacial score (nSPS) is 19.5. The number of ether oxygens (including phenoxy) is 1. The van der Waals surface area contributed by atoms with Crippen LogP contribution in [0.5, 0.6) is 0 Å². The third kappa shape index (κ3) is 5.30. The van der Waals surface area contributed by atoms with Gasteiger partial charge in [-0.3, -0.25) is 14.5 Å². The van der Waals surface area contributed by atoms with E-state index in [1.807, 2.05) is 11.8 Å². The molecule has 1 fully saturated rings. The SMILES string of the molecule is CCOC(=O)C1CCCN(CC(=O)NC(C)c2ccc(F)cc2)C1. The molecule has 132 valence electrons. The van der Waals surface area contributed by atoms with Crippen molar-refractivity contribution in [1.82, 2.24) is 10.2 Å². The van der Waals surface area contributed by atoms with Crippen molar-refractivity contribution in [3.05, 3.63) is 35.6 Å². The fraction of sp³-hybridized carbons (Fsp3) is 0.556. The van der Waals surface area contributed by atoms with Gasteiger partial charge in [-0.1, -0.05) is 12.1 Å². The van der Waals surface area contributed by atoms with Crippen LogP contribution in [0.2, 0.25) is 0 Å². The summed E-state index contributed by atoms with van der Waals surface area (Å²) < 4.78 is 18.0. The van der Waals surface area contributed by atoms with Crippen molar-refractivity contribution in [2.75, 3.05) is 26.2 Å². The van der Waals surface area contributed by atoms with Gasteiger partial charge in [-0.05, 0) is 50.9 Å². The highest BCUT2D eigenvalue weighted by atomic mass is 19.1. The Labute approximate surface area is 142 Å². The highest BCUT2D eigenvalue weighted by Crippen LogP contribution is 2.18. The second-order valence-corrected chi connectivity index (χ2v) is 6.17. The highest BCUT2D eigenvalue weighted by molar-refractivity contribution is 5.78. The highest BCUT2D eigenvalue weighted by Gasteiger charge is 2.27. The number of carbonyl (C=O) groups excluding carboxylic acids is 2. The van der Waals surface area contributed by atoms with Gasteiger partial charge in [-0.25, -0.2) is 4.39 Å². The minimum Gasteiger partial charge on any atom is -0.466 e. The molecule has 1 N–H and O–H groups in total. The van der Waals surface area contributed by atoms with Gasteiger partial charge < -0.3 is 10.1 Å². The summed E-state index contributed by atoms with van der Waals surface area (Å²) in [6.45, 7) is 5.64. The zero-order valence-corrected chi connectivity index (χ0v) is 14.3. The number of halogens is 1. The van der Waals surface area contributed by atoms with Crippen molar-refractivity contribution in [1.29, 1.82) is 0 Å². The molecule has 1 aliphatic rings. The molecular formula is C18H25FN2O3. The number of amides is 1. The number of esters is 1. The lowest BCUT2D eigenvalue weighted by atomic mass is 9.98. The van der Waals surface area contributed by atoms with E-state index in [-0.39, 0.29) is 36.2 Å². The van der Waals surface area contributed by atoms with E-state index in [0.29, 0.717) is 13.2 Å². The number of likely N-dealkylation sites (tertiary alicyclic amines) is 1. The maximum atomic E-state index is 12.9. The number of hydrogen-bond acceptors (Lipinski definition) is 4. The predicted octanol–water partition coefficient (Wildman–Crippen LogP) is 2.28. The van der Waals surface area contributed by atoms with Crippen LogP contribution in [0.3, 0.4) is 0 Å². The lowest BCUT2D eigenvalue weighted by molar-refractivity contribution is -0.150. The Morgan fingerprint density at radius 1 is 1.38 bits per heavy atom. The van der Waals surface area contributed by atoms with Gasteiger partial charge in [0.2, 0.25) is 5.91 Å². The fourth-order valence-corrected chi connectivity index (χ4v) is 2.98. The Balaban J connectivity index is 1.83. The van der Waals surface area contributed by atoms with Gasteiger partial charge in [0.1, 0.15) is 5.82 Å². The molecule has 0 bridgehead atoms. The maximum Gasteiger partial charge on any atom is 0.310 e. The summed E-state index contributed by atoms with van der Waals surface area (Å²) in [6.07, 6.45) is 1.69. The van der Waals surface area contributed by atoms with Gasteiger partial charge >= 0.3 is 5.97 Å². The number of rotatable bonds is 6. The van der Waals surface area contributed by atoms with Crippen LogP contribution >= 0.6 is 0 Å². The largest absolute Gasteiger partial charge is 0.466 e. The van der Waals surface area contributed by atoms with Crippen LogP contribution in [0.1, 0.15) is 38.3 Å². The molecule has 1 aromatic rings. The topological polar surface area (TPSA) is 58.6 Å². The summed E-state index contributed by atoms with van der Waals surface area (Å²) in [5.74, 6) is -0.727. The summed E-state index contributed by atoms with van der Waals surface area (Å²) in [5, 5.41) is 2.91. The summed E-state index contributed by atoms with van der Waals surface area (Å²) >= 11 is 0. The van der Waals surface area contributed by atoms with Crippen LogP contribution in [0.15, 0.2) is 24.3 Å². The maximum absolute atomic E-state index is 12.9. The molecular weight excluding hydrogens is 311 g/mol. The molecule has 1 heterocycles. The van der Waals surface area contributed by atoms with Crippen molar-refractivity contribution < 1.29 is 18.7 Å². The van der Waals surface area contributed by atoms with Gasteiger partial charge in [-0.15, -0.1) is 0 Å². The molecule has 2 rings (SSSR count). The smallest absolute Gasteiger partial charge is 0.310 e. The molecule has 0 saturated carbocycles. The lowest BCUT2D eigenvalue weighted by Crippen LogP contribution is -2.45. The van der Waals surface area contributed by atoms with E-state index in [2.05, 4.69) is 5.32 Å². The Kier molecular flexibility index (Phi) is 6.73. The van der Waals surface area contributed by atoms with Crippen LogP contribution in [0.25, 0.3) is 0 Å². The zero-order valence-electron chi connectivity index (χ0n) is 14.3. The monoisotopic (exact) mass is 336 g/mol. The molecule has 2 atom stereocenters. The van der Waals surface area contributed by atoms with E-state index < -0.39 is 0 Å². The number of nitrogens with one attached hydrogen (secondary N) is 1. The zero-order chi connectivity index (χ0) is 17.5. The van der Waals surface area contributed by atoms with Crippen LogP contribution in [-0.4, -0.2) is 43.0 Å². The number of hydrogen-bond donors (Lipinski definition) is 1. The van der Waals surface area contributed by atoms with Crippen molar-refractivity contribution in [3.63, 3.8) is 0 Å². The number of nitrogens with zero attached hydrogens (tertiary/aromatic N) is 1. The molecule has 5 nitrogen and oxygen atoms in total. The van der Waals surface area contributed by atoms with Crippen LogP contribution < -0.4 is 5.32 Å². The summed E-state index contributed by atoms with van der Waals surface area (Å²) in [4.78, 5) is 26.0. The average Bonchev–Trinajstić information content (AvgIpc) is 2.55. The van der Waals surface area contributed by atoms with Gasteiger partial charge in [-0.2, -0.15) is 0 Å². The van der Waals surface area contributed by atoms with Crippen molar-refractivity contribution >= 4 is 11.9 Å². The number of benzene rings is 1. The van der Waals surface area contributed by atoms with Crippen LogP contribution in [0, 0.1) is 11.7 Å². The quantitative estimate of drug-likeness (QED) is 0.810. The van der Waals surface area contributed by atoms with E-state index in [1.54, 1.807) is 19.1 Å². The van der Waals surface area contributed by atoms with Gasteiger partial charge in [0.15, 0.2) is 0 Å². The minimum atomic E-state index is -0.296. The molecule has 0 radical (unpaired) electrons. The first-order chi connectivity index (χ1) is 11.5. The molecule has 6 heteroatoms. The Morgan fingerprint density at radius 3 is 2.75 bits per heavy atom. The van der Waals surface area contributed by atoms with E-state index in [9.17, 15) is 14.0 Å². The third-order valence-corrected chi connectivity index (χ3v) is 4.24. The summed E-state index contributed by atoms with van der Waals surface area (Å²) in [6, 6.07) is 5.90. The molecule has 0 spiro atoms. The van der Waals surface area contributed by atoms with Crippen LogP contribution in [0.4, 0.5) is 4.39 Å². The number of carbonyl (C=O) groups is 2. The first kappa shape index (κ1) is 18.4. The first-order valence-electron chi connectivity index (χ1n) is 8.43. The summed E-state index contributed by atoms with van der Waals surface area (Å²) in [7, 11) is 0. The second-order valence-electron chi connectivity index (χ2n) is 6.17. The molecule has 2 unspecified atom stereocenters. The Bertz CT molecular complexity index is 562. The lowest BCUT2D eigenvalue weighted by Gasteiger charge is -2.31. The molecule has 1 amide bonds. The van der Waals surface area contributed by atoms with E-state index in [1.165, 1.54) is 12.1 Å². The van der Waals surface area contributed by atoms with Crippen molar-refractivity contribution in [2.45, 2.75) is 32.7 Å². The molecule has 1 aliphatic heterocycles. The first-order valence-corrected chi connectivity index (χ1v) is 8.43. The van der Waals surface area contributed by atoms with Gasteiger partial charge in [0.05, 0.1) is 25.1 Å². The second kappa shape index (κ2) is 8.78. The predicted molar refractivity (Wildman–Crippen MR) is 88.8 cm³/mol. The average molecular weight is 336 g/mol. The molecule has 1 aromatic carbocycles. The van der Waals surface area contributed by atoms with Crippen molar-refractivity contribution in [3.8, 4) is 0 Å². The Morgan fingerprint density at radius 2 is 2.08 bits per heavy atom. The van der Waals surface area contributed by atoms with E-state index in [0.717, 1.165) is 24.9 Å². The number of piperidine rings is 1. The molecule has 0 aliphatic carbocycles. The van der Waals surface area contributed by atoms with E-state index >= 15 is 0 Å². The molecule has 24 heavy (non-hydrogen) atoms. The minimum absolute atomic E-state index is 0.101. The van der Waals surface area contributed by atoms with E-state index in [4.69, 9.17) is 4.74 Å². The Hall–Kier alpha value is -1.95. The standard InChI is InChI=1S/C18H25FN2O3/c1-3-24-18(23)15-5-4-10-21(11-15)12-17(22)20-13(2)14-6-8-16(19)9-7-14/h6-9,13,15H,3-5,10-12H2,1-2H3,(H,20,22). The third-order valence-electron chi connectivity index (χ3n) is 4.24. The molecule has 1 saturated heterocycles. The molecule has 0 aromatic heterocycles.